The fourth-order valence-corrected chi connectivity index (χ4v) is 2.26. The summed E-state index contributed by atoms with van der Waals surface area (Å²) in [6.07, 6.45) is 2.47. The highest BCUT2D eigenvalue weighted by Crippen LogP contribution is 2.29. The second-order valence-corrected chi connectivity index (χ2v) is 5.79. The zero-order valence-corrected chi connectivity index (χ0v) is 10.6. The van der Waals surface area contributed by atoms with Crippen LogP contribution in [0.5, 0.6) is 0 Å². The first-order valence-corrected chi connectivity index (χ1v) is 6.25. The third-order valence-corrected chi connectivity index (χ3v) is 3.38. The van der Waals surface area contributed by atoms with Gasteiger partial charge in [-0.3, -0.25) is 0 Å². The lowest BCUT2D eigenvalue weighted by atomic mass is 9.83. The first-order valence-electron chi connectivity index (χ1n) is 6.25. The second-order valence-electron chi connectivity index (χ2n) is 5.79. The van der Waals surface area contributed by atoms with Gasteiger partial charge in [-0.15, -0.1) is 0 Å². The molecule has 0 amide bonds. The Morgan fingerprint density at radius 2 is 2.06 bits per heavy atom. The molecule has 1 aliphatic rings. The van der Waals surface area contributed by atoms with E-state index in [9.17, 15) is 0 Å². The van der Waals surface area contributed by atoms with Crippen molar-refractivity contribution in [2.24, 2.45) is 0 Å². The van der Waals surface area contributed by atoms with Crippen LogP contribution in [-0.4, -0.2) is 13.2 Å². The summed E-state index contributed by atoms with van der Waals surface area (Å²) in [6, 6.07) is 9.02. The Labute approximate surface area is 98.8 Å². The Balaban J connectivity index is 2.21. The van der Waals surface area contributed by atoms with Crippen molar-refractivity contribution >= 4 is 0 Å². The van der Waals surface area contributed by atoms with E-state index in [4.69, 9.17) is 4.74 Å². The summed E-state index contributed by atoms with van der Waals surface area (Å²) in [4.78, 5) is 0. The molecule has 1 heteroatoms. The van der Waals surface area contributed by atoms with E-state index in [1.165, 1.54) is 24.0 Å². The minimum absolute atomic E-state index is 0.242. The minimum Gasteiger partial charge on any atom is -0.381 e. The van der Waals surface area contributed by atoms with Gasteiger partial charge in [-0.1, -0.05) is 45.0 Å². The molecule has 1 fully saturated rings. The van der Waals surface area contributed by atoms with Crippen molar-refractivity contribution in [1.82, 2.24) is 0 Å². The molecule has 1 aromatic carbocycles. The molecule has 1 nitrogen and oxygen atoms in total. The van der Waals surface area contributed by atoms with E-state index in [2.05, 4.69) is 45.0 Å². The smallest absolute Gasteiger partial charge is 0.0534 e. The van der Waals surface area contributed by atoms with Gasteiger partial charge >= 0.3 is 0 Å². The quantitative estimate of drug-likeness (QED) is 0.695. The molecule has 88 valence electrons. The molecular weight excluding hydrogens is 196 g/mol. The predicted octanol–water partition coefficient (Wildman–Crippen LogP) is 3.88. The summed E-state index contributed by atoms with van der Waals surface area (Å²) in [6.45, 7) is 8.64. The van der Waals surface area contributed by atoms with Crippen LogP contribution >= 0.6 is 0 Å². The Morgan fingerprint density at radius 1 is 1.25 bits per heavy atom. The van der Waals surface area contributed by atoms with E-state index in [1.54, 1.807) is 0 Å². The van der Waals surface area contributed by atoms with Gasteiger partial charge in [0, 0.05) is 12.5 Å². The maximum atomic E-state index is 5.56. The molecule has 1 saturated heterocycles. The summed E-state index contributed by atoms with van der Waals surface area (Å²) in [5, 5.41) is 0. The fourth-order valence-electron chi connectivity index (χ4n) is 2.26. The Bertz CT molecular complexity index is 343. The van der Waals surface area contributed by atoms with Crippen LogP contribution in [0.3, 0.4) is 0 Å². The number of hydrogen-bond acceptors (Lipinski definition) is 1. The summed E-state index contributed by atoms with van der Waals surface area (Å²) in [7, 11) is 0. The van der Waals surface area contributed by atoms with Gasteiger partial charge < -0.3 is 4.74 Å². The van der Waals surface area contributed by atoms with Crippen LogP contribution in [0.1, 0.15) is 50.7 Å². The van der Waals surface area contributed by atoms with Crippen molar-refractivity contribution in [1.29, 1.82) is 0 Å². The van der Waals surface area contributed by atoms with Gasteiger partial charge in [0.15, 0.2) is 0 Å². The lowest BCUT2D eigenvalue weighted by Crippen LogP contribution is -2.17. The largest absolute Gasteiger partial charge is 0.381 e. The van der Waals surface area contributed by atoms with Crippen LogP contribution in [0.4, 0.5) is 0 Å². The SMILES string of the molecule is CC(C)(C)c1cccc(C2CCCOC2)c1. The highest BCUT2D eigenvalue weighted by Gasteiger charge is 2.19. The Morgan fingerprint density at radius 3 is 2.69 bits per heavy atom. The molecule has 0 spiro atoms. The topological polar surface area (TPSA) is 9.23 Å². The standard InChI is InChI=1S/C15H22O/c1-15(2,3)14-8-4-6-12(10-14)13-7-5-9-16-11-13/h4,6,8,10,13H,5,7,9,11H2,1-3H3. The van der Waals surface area contributed by atoms with Gasteiger partial charge in [-0.2, -0.15) is 0 Å². The van der Waals surface area contributed by atoms with Gasteiger partial charge in [0.05, 0.1) is 6.61 Å². The Kier molecular flexibility index (Phi) is 3.34. The molecule has 1 atom stereocenters. The second kappa shape index (κ2) is 4.58. The lowest BCUT2D eigenvalue weighted by molar-refractivity contribution is 0.0804. The number of rotatable bonds is 1. The molecule has 1 aliphatic heterocycles. The van der Waals surface area contributed by atoms with Gasteiger partial charge in [-0.25, -0.2) is 0 Å². The molecule has 0 saturated carbocycles. The van der Waals surface area contributed by atoms with Gasteiger partial charge in [0.25, 0.3) is 0 Å². The van der Waals surface area contributed by atoms with E-state index in [1.807, 2.05) is 0 Å². The zero-order chi connectivity index (χ0) is 11.6. The zero-order valence-electron chi connectivity index (χ0n) is 10.6. The van der Waals surface area contributed by atoms with Gasteiger partial charge in [0.2, 0.25) is 0 Å². The highest BCUT2D eigenvalue weighted by molar-refractivity contribution is 5.31. The Hall–Kier alpha value is -0.820. The third-order valence-electron chi connectivity index (χ3n) is 3.38. The normalized spacial score (nSPS) is 22.1. The monoisotopic (exact) mass is 218 g/mol. The van der Waals surface area contributed by atoms with E-state index in [-0.39, 0.29) is 5.41 Å². The van der Waals surface area contributed by atoms with Crippen LogP contribution in [0.15, 0.2) is 24.3 Å². The molecule has 0 aromatic heterocycles. The van der Waals surface area contributed by atoms with Gasteiger partial charge in [-0.05, 0) is 29.4 Å². The predicted molar refractivity (Wildman–Crippen MR) is 67.9 cm³/mol. The van der Waals surface area contributed by atoms with E-state index in [0.29, 0.717) is 5.92 Å². The van der Waals surface area contributed by atoms with E-state index < -0.39 is 0 Å². The van der Waals surface area contributed by atoms with Crippen molar-refractivity contribution in [3.63, 3.8) is 0 Å². The molecule has 0 aliphatic carbocycles. The minimum atomic E-state index is 0.242. The van der Waals surface area contributed by atoms with Crippen molar-refractivity contribution in [3.8, 4) is 0 Å². The van der Waals surface area contributed by atoms with Gasteiger partial charge in [0.1, 0.15) is 0 Å². The molecule has 0 radical (unpaired) electrons. The van der Waals surface area contributed by atoms with Crippen molar-refractivity contribution in [3.05, 3.63) is 35.4 Å². The highest BCUT2D eigenvalue weighted by atomic mass is 16.5. The molecule has 1 aromatic rings. The van der Waals surface area contributed by atoms with Crippen molar-refractivity contribution in [2.45, 2.75) is 44.9 Å². The first kappa shape index (κ1) is 11.7. The summed E-state index contributed by atoms with van der Waals surface area (Å²) in [5.74, 6) is 0.607. The van der Waals surface area contributed by atoms with E-state index in [0.717, 1.165) is 13.2 Å². The molecule has 2 rings (SSSR count). The maximum Gasteiger partial charge on any atom is 0.0534 e. The van der Waals surface area contributed by atoms with Crippen LogP contribution in [0.25, 0.3) is 0 Å². The fraction of sp³-hybridized carbons (Fsp3) is 0.600. The number of hydrogen-bond donors (Lipinski definition) is 0. The van der Waals surface area contributed by atoms with Crippen LogP contribution < -0.4 is 0 Å². The van der Waals surface area contributed by atoms with Crippen molar-refractivity contribution in [2.75, 3.05) is 13.2 Å². The molecule has 0 bridgehead atoms. The molecular formula is C15H22O. The summed E-state index contributed by atoms with van der Waals surface area (Å²) in [5.41, 5.74) is 3.12. The summed E-state index contributed by atoms with van der Waals surface area (Å²) < 4.78 is 5.56. The number of ether oxygens (including phenoxy) is 1. The lowest BCUT2D eigenvalue weighted by Gasteiger charge is -2.25. The first-order chi connectivity index (χ1) is 7.57. The molecule has 16 heavy (non-hydrogen) atoms. The average molecular weight is 218 g/mol. The average Bonchev–Trinajstić information content (AvgIpc) is 2.29. The van der Waals surface area contributed by atoms with Crippen LogP contribution in [0.2, 0.25) is 0 Å². The molecule has 1 heterocycles. The molecule has 0 N–H and O–H groups in total. The van der Waals surface area contributed by atoms with Crippen molar-refractivity contribution < 1.29 is 4.74 Å². The van der Waals surface area contributed by atoms with E-state index >= 15 is 0 Å². The summed E-state index contributed by atoms with van der Waals surface area (Å²) >= 11 is 0. The molecule has 1 unspecified atom stereocenters. The maximum absolute atomic E-state index is 5.56. The van der Waals surface area contributed by atoms with Crippen LogP contribution in [-0.2, 0) is 10.2 Å². The number of benzene rings is 1. The van der Waals surface area contributed by atoms with Crippen LogP contribution in [0, 0.1) is 0 Å². The third kappa shape index (κ3) is 2.65.